The van der Waals surface area contributed by atoms with Gasteiger partial charge in [0.05, 0.1) is 0 Å². The van der Waals surface area contributed by atoms with E-state index in [-0.39, 0.29) is 10.8 Å². The first-order valence-corrected chi connectivity index (χ1v) is 19.4. The highest BCUT2D eigenvalue weighted by atomic mass is 16.6. The minimum atomic E-state index is 0.0936. The summed E-state index contributed by atoms with van der Waals surface area (Å²) in [6, 6.07) is 28.0. The van der Waals surface area contributed by atoms with Crippen LogP contribution in [0.5, 0.6) is 11.5 Å². The van der Waals surface area contributed by atoms with Gasteiger partial charge in [-0.2, -0.15) is 0 Å². The van der Waals surface area contributed by atoms with Gasteiger partial charge >= 0.3 is 0 Å². The molecule has 0 amide bonds. The summed E-state index contributed by atoms with van der Waals surface area (Å²) in [5.74, 6) is 2.75. The molecule has 0 saturated carbocycles. The Kier molecular flexibility index (Phi) is 9.07. The van der Waals surface area contributed by atoms with Crippen LogP contribution in [0.15, 0.2) is 72.8 Å². The fourth-order valence-corrected chi connectivity index (χ4v) is 9.56. The number of hydrogen-bond donors (Lipinski definition) is 1. The maximum absolute atomic E-state index is 5.89. The normalized spacial score (nSPS) is 20.2. The largest absolute Gasteiger partial charge is 0.486 e. The molecule has 4 aliphatic rings. The van der Waals surface area contributed by atoms with Crippen LogP contribution < -0.4 is 19.7 Å². The van der Waals surface area contributed by atoms with Crippen molar-refractivity contribution in [3.05, 3.63) is 117 Å². The van der Waals surface area contributed by atoms with Crippen LogP contribution in [0.4, 0.5) is 11.4 Å². The van der Waals surface area contributed by atoms with Crippen molar-refractivity contribution < 1.29 is 9.47 Å². The Bertz CT molecular complexity index is 1910. The van der Waals surface area contributed by atoms with Gasteiger partial charge in [0.2, 0.25) is 0 Å². The lowest BCUT2D eigenvalue weighted by molar-refractivity contribution is 0.171. The molecule has 0 aromatic heterocycles. The Balaban J connectivity index is 1.03. The van der Waals surface area contributed by atoms with Crippen LogP contribution in [0.1, 0.15) is 104 Å². The molecule has 0 saturated heterocycles. The van der Waals surface area contributed by atoms with Crippen molar-refractivity contribution in [3.8, 4) is 11.5 Å². The highest BCUT2D eigenvalue weighted by molar-refractivity contribution is 5.61. The molecule has 0 aliphatic carbocycles. The van der Waals surface area contributed by atoms with Gasteiger partial charge in [0.1, 0.15) is 13.2 Å². The molecule has 5 nitrogen and oxygen atoms in total. The van der Waals surface area contributed by atoms with Crippen molar-refractivity contribution in [2.24, 2.45) is 10.8 Å². The Morgan fingerprint density at radius 1 is 0.725 bits per heavy atom. The Labute approximate surface area is 306 Å². The van der Waals surface area contributed by atoms with Gasteiger partial charge in [0.15, 0.2) is 11.5 Å². The van der Waals surface area contributed by atoms with Crippen LogP contribution in [0, 0.1) is 17.8 Å². The van der Waals surface area contributed by atoms with Gasteiger partial charge < -0.3 is 19.7 Å². The third-order valence-corrected chi connectivity index (χ3v) is 12.2. The quantitative estimate of drug-likeness (QED) is 0.210. The highest BCUT2D eigenvalue weighted by Gasteiger charge is 2.39. The van der Waals surface area contributed by atoms with E-state index < -0.39 is 0 Å². The fraction of sp³-hybridized carbons (Fsp3) is 0.478. The molecule has 8 rings (SSSR count). The van der Waals surface area contributed by atoms with Crippen LogP contribution in [0.2, 0.25) is 0 Å². The van der Waals surface area contributed by atoms with E-state index >= 15 is 0 Å². The van der Waals surface area contributed by atoms with Crippen LogP contribution in [0.3, 0.4) is 0 Å². The van der Waals surface area contributed by atoms with E-state index in [1.54, 1.807) is 5.56 Å². The molecular weight excluding hydrogens is 627 g/mol. The number of benzene rings is 4. The molecule has 51 heavy (non-hydrogen) atoms. The SMILES string of the molecule is Cc1ccc2c(c1)CN(Cc1ccc3c(c1)C(C(C)(C)C)CCN3CC(C)(C)C1CCNc3ccc(Cc4ccc5c(c4)OCCO5)cc31)CC2. The van der Waals surface area contributed by atoms with Gasteiger partial charge in [-0.25, -0.2) is 0 Å². The third-order valence-electron chi connectivity index (χ3n) is 12.2. The van der Waals surface area contributed by atoms with Crippen molar-refractivity contribution in [1.82, 2.24) is 4.90 Å². The molecular formula is C46H57N3O2. The summed E-state index contributed by atoms with van der Waals surface area (Å²) in [6.45, 7) is 22.2. The summed E-state index contributed by atoms with van der Waals surface area (Å²) >= 11 is 0. The first-order chi connectivity index (χ1) is 24.5. The smallest absolute Gasteiger partial charge is 0.161 e. The topological polar surface area (TPSA) is 37.0 Å². The molecule has 4 aromatic carbocycles. The van der Waals surface area contributed by atoms with Gasteiger partial charge in [0.25, 0.3) is 0 Å². The van der Waals surface area contributed by atoms with Gasteiger partial charge in [-0.1, -0.05) is 88.7 Å². The van der Waals surface area contributed by atoms with Crippen LogP contribution >= 0.6 is 0 Å². The number of rotatable bonds is 7. The summed E-state index contributed by atoms with van der Waals surface area (Å²) in [5.41, 5.74) is 14.6. The molecule has 4 aromatic rings. The van der Waals surface area contributed by atoms with E-state index in [9.17, 15) is 0 Å². The number of nitrogens with one attached hydrogen (secondary N) is 1. The summed E-state index contributed by atoms with van der Waals surface area (Å²) in [6.07, 6.45) is 4.38. The first kappa shape index (κ1) is 34.1. The van der Waals surface area contributed by atoms with Crippen molar-refractivity contribution >= 4 is 11.4 Å². The standard InChI is InChI=1S/C46H57N3O2/c1-31-7-11-35-16-19-48(29-36(35)23-31)28-34-9-13-42-38(26-34)39(45(2,3)4)17-20-49(42)30-46(5,6)40-15-18-47-41-12-8-32(25-37(40)41)24-33-10-14-43-44(27-33)51-22-21-50-43/h7-14,23,25-27,39-40,47H,15-22,24,28-30H2,1-6H3. The highest BCUT2D eigenvalue weighted by Crippen LogP contribution is 2.49. The second-order valence-electron chi connectivity index (χ2n) is 17.6. The molecule has 2 atom stereocenters. The third kappa shape index (κ3) is 7.11. The Morgan fingerprint density at radius 3 is 2.33 bits per heavy atom. The first-order valence-electron chi connectivity index (χ1n) is 19.4. The van der Waals surface area contributed by atoms with E-state index in [1.807, 2.05) is 0 Å². The number of fused-ring (bicyclic) bond motifs is 4. The maximum atomic E-state index is 5.89. The van der Waals surface area contributed by atoms with Gasteiger partial charge in [0, 0.05) is 50.6 Å². The van der Waals surface area contributed by atoms with Gasteiger partial charge in [-0.15, -0.1) is 0 Å². The lowest BCUT2D eigenvalue weighted by Gasteiger charge is -2.47. The Hall–Kier alpha value is -3.96. The van der Waals surface area contributed by atoms with E-state index in [1.165, 1.54) is 56.7 Å². The molecule has 0 spiro atoms. The molecule has 5 heteroatoms. The monoisotopic (exact) mass is 683 g/mol. The van der Waals surface area contributed by atoms with Crippen molar-refractivity contribution in [1.29, 1.82) is 0 Å². The predicted molar refractivity (Wildman–Crippen MR) is 211 cm³/mol. The number of hydrogen-bond acceptors (Lipinski definition) is 5. The number of aryl methyl sites for hydroxylation is 1. The Morgan fingerprint density at radius 2 is 1.49 bits per heavy atom. The van der Waals surface area contributed by atoms with Crippen LogP contribution in [-0.2, 0) is 25.9 Å². The molecule has 1 N–H and O–H groups in total. The predicted octanol–water partition coefficient (Wildman–Crippen LogP) is 9.88. The van der Waals surface area contributed by atoms with E-state index in [0.29, 0.717) is 25.0 Å². The van der Waals surface area contributed by atoms with Crippen molar-refractivity contribution in [3.63, 3.8) is 0 Å². The zero-order chi connectivity index (χ0) is 35.3. The lowest BCUT2D eigenvalue weighted by atomic mass is 9.69. The van der Waals surface area contributed by atoms with Crippen molar-refractivity contribution in [2.75, 3.05) is 49.6 Å². The molecule has 0 radical (unpaired) electrons. The van der Waals surface area contributed by atoms with E-state index in [2.05, 4.69) is 129 Å². The number of ether oxygens (including phenoxy) is 2. The second-order valence-corrected chi connectivity index (χ2v) is 17.6. The number of anilines is 2. The zero-order valence-corrected chi connectivity index (χ0v) is 31.8. The molecule has 4 heterocycles. The minimum Gasteiger partial charge on any atom is -0.486 e. The summed E-state index contributed by atoms with van der Waals surface area (Å²) in [4.78, 5) is 5.39. The lowest BCUT2D eigenvalue weighted by Crippen LogP contribution is -2.43. The average Bonchev–Trinajstić information content (AvgIpc) is 3.10. The minimum absolute atomic E-state index is 0.0936. The van der Waals surface area contributed by atoms with E-state index in [4.69, 9.17) is 9.47 Å². The molecule has 4 aliphatic heterocycles. The van der Waals surface area contributed by atoms with Gasteiger partial charge in [-0.3, -0.25) is 4.90 Å². The zero-order valence-electron chi connectivity index (χ0n) is 31.8. The second kappa shape index (κ2) is 13.5. The molecule has 0 fully saturated rings. The summed E-state index contributed by atoms with van der Waals surface area (Å²) in [7, 11) is 0. The van der Waals surface area contributed by atoms with Crippen LogP contribution in [-0.4, -0.2) is 44.3 Å². The molecule has 268 valence electrons. The fourth-order valence-electron chi connectivity index (χ4n) is 9.56. The van der Waals surface area contributed by atoms with Crippen molar-refractivity contribution in [2.45, 2.75) is 92.2 Å². The average molecular weight is 684 g/mol. The summed E-state index contributed by atoms with van der Waals surface area (Å²) in [5, 5.41) is 3.73. The van der Waals surface area contributed by atoms with E-state index in [0.717, 1.165) is 70.0 Å². The summed E-state index contributed by atoms with van der Waals surface area (Å²) < 4.78 is 11.7. The van der Waals surface area contributed by atoms with Crippen LogP contribution in [0.25, 0.3) is 0 Å². The molecule has 0 bridgehead atoms. The molecule has 2 unspecified atom stereocenters. The number of nitrogens with zero attached hydrogens (tertiary/aromatic N) is 2. The maximum Gasteiger partial charge on any atom is 0.161 e. The van der Waals surface area contributed by atoms with Gasteiger partial charge in [-0.05, 0) is 118 Å².